The quantitative estimate of drug-likeness (QED) is 0.182. The Morgan fingerprint density at radius 2 is 1.47 bits per heavy atom. The number of aliphatic hydroxyl groups excluding tert-OH is 1. The number of nitrogens with one attached hydrogen (secondary N) is 1. The van der Waals surface area contributed by atoms with Crippen LogP contribution in [0.5, 0.6) is 11.5 Å². The first-order valence-corrected chi connectivity index (χ1v) is 14.4. The highest BCUT2D eigenvalue weighted by Gasteiger charge is 2.42. The van der Waals surface area contributed by atoms with E-state index in [0.29, 0.717) is 11.5 Å². The number of alkyl halides is 3. The van der Waals surface area contributed by atoms with E-state index in [4.69, 9.17) is 18.9 Å². The summed E-state index contributed by atoms with van der Waals surface area (Å²) < 4.78 is 66.2. The van der Waals surface area contributed by atoms with Crippen LogP contribution < -0.4 is 20.7 Å². The number of rotatable bonds is 11. The number of aromatic amines is 1. The first-order chi connectivity index (χ1) is 22.4. The maximum Gasteiger partial charge on any atom is 0.422 e. The molecule has 5 rings (SSSR count). The van der Waals surface area contributed by atoms with Gasteiger partial charge in [0, 0.05) is 12.6 Å². The van der Waals surface area contributed by atoms with Crippen LogP contribution >= 0.6 is 0 Å². The molecule has 1 aromatic heterocycles. The molecule has 0 spiro atoms. The standard InChI is InChI=1S/C33H31F3N2O9/c1-43-23-12-8-21(9-13-23)33(20-6-4-3-5-7-20,22-10-14-24(44-2)15-11-22)46-18-27-26(39)16-28(47-27)38-17-25(29(40)37-31(38)42)30(41)45-19-32(34,35)36/h3-15,17,26-28,39H,16,18-19H2,1-2H3,(H,37,40,42)/t26-,27+,28+/m0/s1. The molecule has 2 heterocycles. The van der Waals surface area contributed by atoms with Crippen LogP contribution in [0.25, 0.3) is 0 Å². The number of ether oxygens (including phenoxy) is 5. The molecule has 1 aliphatic rings. The van der Waals surface area contributed by atoms with Crippen molar-refractivity contribution in [2.75, 3.05) is 27.4 Å². The van der Waals surface area contributed by atoms with Crippen molar-refractivity contribution in [3.05, 3.63) is 128 Å². The summed E-state index contributed by atoms with van der Waals surface area (Å²) in [7, 11) is 3.10. The lowest BCUT2D eigenvalue weighted by Gasteiger charge is -2.37. The van der Waals surface area contributed by atoms with E-state index in [1.54, 1.807) is 38.5 Å². The average Bonchev–Trinajstić information content (AvgIpc) is 3.44. The summed E-state index contributed by atoms with van der Waals surface area (Å²) >= 11 is 0. The zero-order valence-corrected chi connectivity index (χ0v) is 25.2. The molecule has 14 heteroatoms. The molecule has 3 aromatic carbocycles. The van der Waals surface area contributed by atoms with E-state index >= 15 is 0 Å². The Hall–Kier alpha value is -4.92. The third-order valence-electron chi connectivity index (χ3n) is 7.71. The van der Waals surface area contributed by atoms with E-state index in [9.17, 15) is 32.7 Å². The number of aliphatic hydroxyl groups is 1. The minimum absolute atomic E-state index is 0.166. The summed E-state index contributed by atoms with van der Waals surface area (Å²) in [4.78, 5) is 39.0. The zero-order chi connectivity index (χ0) is 33.8. The Morgan fingerprint density at radius 3 is 2.00 bits per heavy atom. The third kappa shape index (κ3) is 7.24. The van der Waals surface area contributed by atoms with Gasteiger partial charge in [-0.25, -0.2) is 9.59 Å². The van der Waals surface area contributed by atoms with Gasteiger partial charge in [-0.15, -0.1) is 0 Å². The van der Waals surface area contributed by atoms with Crippen molar-refractivity contribution in [3.63, 3.8) is 0 Å². The minimum Gasteiger partial charge on any atom is -0.497 e. The number of hydrogen-bond donors (Lipinski definition) is 2. The third-order valence-corrected chi connectivity index (χ3v) is 7.71. The van der Waals surface area contributed by atoms with Gasteiger partial charge in [0.05, 0.1) is 26.9 Å². The second-order valence-electron chi connectivity index (χ2n) is 10.6. The second kappa shape index (κ2) is 13.8. The normalized spacial score (nSPS) is 18.1. The van der Waals surface area contributed by atoms with E-state index in [1.165, 1.54) is 0 Å². The van der Waals surface area contributed by atoms with Gasteiger partial charge in [0.1, 0.15) is 35.0 Å². The fourth-order valence-corrected chi connectivity index (χ4v) is 5.39. The highest BCUT2D eigenvalue weighted by Crippen LogP contribution is 2.42. The molecule has 0 saturated carbocycles. The smallest absolute Gasteiger partial charge is 0.422 e. The number of aromatic nitrogens is 2. The van der Waals surface area contributed by atoms with E-state index in [1.807, 2.05) is 59.6 Å². The molecule has 0 radical (unpaired) electrons. The van der Waals surface area contributed by atoms with Crippen LogP contribution in [-0.2, 0) is 19.8 Å². The predicted octanol–water partition coefficient (Wildman–Crippen LogP) is 3.93. The molecule has 4 aromatic rings. The van der Waals surface area contributed by atoms with Crippen LogP contribution in [0.2, 0.25) is 0 Å². The van der Waals surface area contributed by atoms with Crippen molar-refractivity contribution in [1.29, 1.82) is 0 Å². The Labute approximate surface area is 266 Å². The summed E-state index contributed by atoms with van der Waals surface area (Å²) in [5.74, 6) is -0.339. The molecule has 47 heavy (non-hydrogen) atoms. The second-order valence-corrected chi connectivity index (χ2v) is 10.6. The van der Waals surface area contributed by atoms with E-state index in [2.05, 4.69) is 4.74 Å². The van der Waals surface area contributed by atoms with Gasteiger partial charge in [-0.3, -0.25) is 14.3 Å². The topological polar surface area (TPSA) is 138 Å². The lowest BCUT2D eigenvalue weighted by atomic mass is 9.80. The van der Waals surface area contributed by atoms with Crippen LogP contribution in [0, 0.1) is 0 Å². The van der Waals surface area contributed by atoms with Crippen molar-refractivity contribution in [1.82, 2.24) is 9.55 Å². The van der Waals surface area contributed by atoms with Crippen LogP contribution in [0.3, 0.4) is 0 Å². The predicted molar refractivity (Wildman–Crippen MR) is 160 cm³/mol. The van der Waals surface area contributed by atoms with Gasteiger partial charge in [-0.05, 0) is 41.0 Å². The summed E-state index contributed by atoms with van der Waals surface area (Å²) in [5, 5.41) is 11.0. The average molecular weight is 657 g/mol. The molecular weight excluding hydrogens is 625 g/mol. The summed E-state index contributed by atoms with van der Waals surface area (Å²) in [6, 6.07) is 23.9. The number of carbonyl (C=O) groups excluding carboxylic acids is 1. The summed E-state index contributed by atoms with van der Waals surface area (Å²) in [6.07, 6.45) is -7.64. The Morgan fingerprint density at radius 1 is 0.915 bits per heavy atom. The van der Waals surface area contributed by atoms with Crippen molar-refractivity contribution in [2.45, 2.75) is 36.6 Å². The molecule has 2 N–H and O–H groups in total. The van der Waals surface area contributed by atoms with Crippen LogP contribution in [0.15, 0.2) is 94.6 Å². The lowest BCUT2D eigenvalue weighted by molar-refractivity contribution is -0.161. The van der Waals surface area contributed by atoms with Gasteiger partial charge in [0.2, 0.25) is 0 Å². The molecule has 1 aliphatic heterocycles. The zero-order valence-electron chi connectivity index (χ0n) is 25.2. The number of carbonyl (C=O) groups is 1. The van der Waals surface area contributed by atoms with Gasteiger partial charge in [0.15, 0.2) is 6.61 Å². The maximum absolute atomic E-state index is 12.7. The molecular formula is C33H31F3N2O9. The SMILES string of the molecule is COc1ccc(C(OC[C@H]2O[C@@H](n3cc(C(=O)OCC(F)(F)F)c(=O)[nH]c3=O)C[C@@H]2O)(c2ccccc2)c2ccc(OC)cc2)cc1. The molecule has 0 aliphatic carbocycles. The molecule has 1 fully saturated rings. The molecule has 0 bridgehead atoms. The van der Waals surface area contributed by atoms with E-state index in [0.717, 1.165) is 27.5 Å². The number of nitrogens with zero attached hydrogens (tertiary/aromatic N) is 1. The van der Waals surface area contributed by atoms with Gasteiger partial charge >= 0.3 is 17.8 Å². The highest BCUT2D eigenvalue weighted by atomic mass is 19.4. The van der Waals surface area contributed by atoms with Gasteiger partial charge in [0.25, 0.3) is 5.56 Å². The van der Waals surface area contributed by atoms with Crippen molar-refractivity contribution in [3.8, 4) is 11.5 Å². The Bertz CT molecular complexity index is 1740. The number of methoxy groups -OCH3 is 2. The van der Waals surface area contributed by atoms with Crippen LogP contribution in [0.4, 0.5) is 13.2 Å². The molecule has 0 amide bonds. The van der Waals surface area contributed by atoms with E-state index < -0.39 is 59.6 Å². The molecule has 0 unspecified atom stereocenters. The Balaban J connectivity index is 1.47. The number of esters is 1. The van der Waals surface area contributed by atoms with Gasteiger partial charge in [-0.1, -0.05) is 54.6 Å². The Kier molecular flexibility index (Phi) is 9.84. The number of halogens is 3. The van der Waals surface area contributed by atoms with Gasteiger partial charge in [-0.2, -0.15) is 13.2 Å². The summed E-state index contributed by atoms with van der Waals surface area (Å²) in [6.45, 7) is -2.13. The fraction of sp³-hybridized carbons (Fsp3) is 0.303. The fourth-order valence-electron chi connectivity index (χ4n) is 5.39. The van der Waals surface area contributed by atoms with Crippen LogP contribution in [0.1, 0.15) is 39.7 Å². The minimum atomic E-state index is -4.82. The summed E-state index contributed by atoms with van der Waals surface area (Å²) in [5.41, 5.74) is -2.13. The van der Waals surface area contributed by atoms with E-state index in [-0.39, 0.29) is 13.0 Å². The largest absolute Gasteiger partial charge is 0.497 e. The molecule has 248 valence electrons. The molecule has 3 atom stereocenters. The van der Waals surface area contributed by atoms with Crippen molar-refractivity contribution >= 4 is 5.97 Å². The number of benzene rings is 3. The lowest BCUT2D eigenvalue weighted by Crippen LogP contribution is -2.38. The number of H-pyrrole nitrogens is 1. The van der Waals surface area contributed by atoms with Crippen molar-refractivity contribution < 1.29 is 46.8 Å². The first-order valence-electron chi connectivity index (χ1n) is 14.4. The van der Waals surface area contributed by atoms with Crippen molar-refractivity contribution in [2.24, 2.45) is 0 Å². The number of hydrogen-bond acceptors (Lipinski definition) is 9. The van der Waals surface area contributed by atoms with Crippen LogP contribution in [-0.4, -0.2) is 66.4 Å². The monoisotopic (exact) mass is 656 g/mol. The molecule has 1 saturated heterocycles. The maximum atomic E-state index is 12.7. The van der Waals surface area contributed by atoms with Gasteiger partial charge < -0.3 is 28.8 Å². The highest BCUT2D eigenvalue weighted by molar-refractivity contribution is 5.88. The first kappa shape index (κ1) is 33.4. The molecule has 11 nitrogen and oxygen atoms in total.